The molecule has 0 aliphatic rings. The van der Waals surface area contributed by atoms with Crippen LogP contribution in [0, 0.1) is 5.92 Å². The molecule has 2 aromatic heterocycles. The van der Waals surface area contributed by atoms with E-state index in [2.05, 4.69) is 15.0 Å². The van der Waals surface area contributed by atoms with E-state index in [0.29, 0.717) is 11.0 Å². The van der Waals surface area contributed by atoms with E-state index in [4.69, 9.17) is 16.3 Å². The number of ether oxygens (including phenoxy) is 1. The number of fused-ring (bicyclic) bond motifs is 1. The lowest BCUT2D eigenvalue weighted by Gasteiger charge is -2.23. The van der Waals surface area contributed by atoms with Crippen molar-refractivity contribution < 1.29 is 22.7 Å². The van der Waals surface area contributed by atoms with E-state index < -0.39 is 24.2 Å². The third-order valence-corrected chi connectivity index (χ3v) is 3.09. The van der Waals surface area contributed by atoms with Crippen LogP contribution in [-0.2, 0) is 9.53 Å². The van der Waals surface area contributed by atoms with Gasteiger partial charge in [0, 0.05) is 13.0 Å². The Labute approximate surface area is 122 Å². The summed E-state index contributed by atoms with van der Waals surface area (Å²) in [5.74, 6) is -2.84. The Morgan fingerprint density at radius 3 is 2.71 bits per heavy atom. The van der Waals surface area contributed by atoms with Crippen molar-refractivity contribution in [3.8, 4) is 0 Å². The molecule has 21 heavy (non-hydrogen) atoms. The molecule has 2 aromatic rings. The second-order valence-corrected chi connectivity index (χ2v) is 4.89. The lowest BCUT2D eigenvalue weighted by atomic mass is 10.0. The number of halogens is 4. The number of imidazole rings is 1. The summed E-state index contributed by atoms with van der Waals surface area (Å²) in [6.45, 7) is 1.96. The molecule has 0 saturated carbocycles. The molecular weight excluding hydrogens is 311 g/mol. The highest BCUT2D eigenvalue weighted by Gasteiger charge is 2.45. The molecule has 9 heteroatoms. The Morgan fingerprint density at radius 1 is 1.48 bits per heavy atom. The molecule has 0 bridgehead atoms. The lowest BCUT2D eigenvalue weighted by molar-refractivity contribution is -0.205. The summed E-state index contributed by atoms with van der Waals surface area (Å²) < 4.78 is 43.4. The van der Waals surface area contributed by atoms with Crippen molar-refractivity contribution in [1.29, 1.82) is 0 Å². The van der Waals surface area contributed by atoms with Crippen LogP contribution in [0.15, 0.2) is 12.3 Å². The highest BCUT2D eigenvalue weighted by Crippen LogP contribution is 2.37. The first-order valence-corrected chi connectivity index (χ1v) is 6.31. The summed E-state index contributed by atoms with van der Waals surface area (Å²) in [6.07, 6.45) is -4.77. The standard InChI is InChI=1S/C12H11ClF3N3O2/c1-5(12(14,15)16)10(21-6(2)20)11-18-7-3-9(13)17-4-8(7)19-11/h3-5,10H,1-2H3,(H,18,19)/t5-,10?/m1/s1. The van der Waals surface area contributed by atoms with E-state index in [1.165, 1.54) is 12.3 Å². The molecule has 2 heterocycles. The van der Waals surface area contributed by atoms with E-state index >= 15 is 0 Å². The maximum Gasteiger partial charge on any atom is 0.395 e. The first-order valence-electron chi connectivity index (χ1n) is 5.93. The van der Waals surface area contributed by atoms with Crippen molar-refractivity contribution >= 4 is 28.6 Å². The van der Waals surface area contributed by atoms with Crippen molar-refractivity contribution in [3.05, 3.63) is 23.2 Å². The molecule has 0 radical (unpaired) electrons. The molecule has 5 nitrogen and oxygen atoms in total. The minimum atomic E-state index is -4.53. The normalized spacial score (nSPS) is 15.0. The number of pyridine rings is 1. The van der Waals surface area contributed by atoms with Crippen molar-refractivity contribution in [1.82, 2.24) is 15.0 Å². The van der Waals surface area contributed by atoms with Crippen molar-refractivity contribution in [3.63, 3.8) is 0 Å². The van der Waals surface area contributed by atoms with Gasteiger partial charge in [-0.2, -0.15) is 13.2 Å². The van der Waals surface area contributed by atoms with Crippen LogP contribution in [0.1, 0.15) is 25.8 Å². The molecule has 0 aromatic carbocycles. The van der Waals surface area contributed by atoms with Crippen LogP contribution < -0.4 is 0 Å². The number of H-pyrrole nitrogens is 1. The van der Waals surface area contributed by atoms with Crippen molar-refractivity contribution in [2.24, 2.45) is 5.92 Å². The molecule has 1 unspecified atom stereocenters. The van der Waals surface area contributed by atoms with Gasteiger partial charge in [0.15, 0.2) is 6.10 Å². The molecule has 2 atom stereocenters. The van der Waals surface area contributed by atoms with Gasteiger partial charge in [0.1, 0.15) is 16.5 Å². The Morgan fingerprint density at radius 2 is 2.14 bits per heavy atom. The maximum atomic E-state index is 12.9. The summed E-state index contributed by atoms with van der Waals surface area (Å²) in [5.41, 5.74) is 0.748. The number of aromatic nitrogens is 3. The molecule has 0 aliphatic heterocycles. The van der Waals surface area contributed by atoms with E-state index in [9.17, 15) is 18.0 Å². The Kier molecular flexibility index (Phi) is 4.08. The number of nitrogens with zero attached hydrogens (tertiary/aromatic N) is 2. The van der Waals surface area contributed by atoms with Crippen LogP contribution in [0.25, 0.3) is 11.0 Å². The number of nitrogens with one attached hydrogen (secondary N) is 1. The number of carbonyl (C=O) groups is 1. The van der Waals surface area contributed by atoms with Gasteiger partial charge in [-0.15, -0.1) is 0 Å². The predicted octanol–water partition coefficient (Wildman–Crippen LogP) is 3.41. The van der Waals surface area contributed by atoms with Gasteiger partial charge in [-0.05, 0) is 6.92 Å². The number of carbonyl (C=O) groups excluding carboxylic acids is 1. The summed E-state index contributed by atoms with van der Waals surface area (Å²) in [6, 6.07) is 1.43. The fourth-order valence-corrected chi connectivity index (χ4v) is 1.95. The van der Waals surface area contributed by atoms with Crippen LogP contribution in [0.4, 0.5) is 13.2 Å². The quantitative estimate of drug-likeness (QED) is 0.695. The minimum absolute atomic E-state index is 0.103. The third-order valence-electron chi connectivity index (χ3n) is 2.89. The summed E-state index contributed by atoms with van der Waals surface area (Å²) in [4.78, 5) is 21.5. The van der Waals surface area contributed by atoms with E-state index in [0.717, 1.165) is 13.8 Å². The zero-order valence-electron chi connectivity index (χ0n) is 11.0. The van der Waals surface area contributed by atoms with Crippen LogP contribution in [0.3, 0.4) is 0 Å². The van der Waals surface area contributed by atoms with E-state index in [1.807, 2.05) is 0 Å². The zero-order chi connectivity index (χ0) is 15.8. The zero-order valence-corrected chi connectivity index (χ0v) is 11.8. The second kappa shape index (κ2) is 5.51. The monoisotopic (exact) mass is 321 g/mol. The van der Waals surface area contributed by atoms with E-state index in [-0.39, 0.29) is 11.0 Å². The molecule has 0 fully saturated rings. The minimum Gasteiger partial charge on any atom is -0.454 e. The average molecular weight is 322 g/mol. The molecular formula is C12H11ClF3N3O2. The smallest absolute Gasteiger partial charge is 0.395 e. The van der Waals surface area contributed by atoms with Crippen LogP contribution in [-0.4, -0.2) is 27.1 Å². The number of alkyl halides is 3. The fourth-order valence-electron chi connectivity index (χ4n) is 1.79. The highest BCUT2D eigenvalue weighted by molar-refractivity contribution is 6.29. The lowest BCUT2D eigenvalue weighted by Crippen LogP contribution is -2.29. The van der Waals surface area contributed by atoms with Gasteiger partial charge < -0.3 is 9.72 Å². The molecule has 0 saturated heterocycles. The molecule has 2 rings (SSSR count). The van der Waals surface area contributed by atoms with Crippen LogP contribution in [0.2, 0.25) is 5.15 Å². The van der Waals surface area contributed by atoms with Gasteiger partial charge in [-0.1, -0.05) is 11.6 Å². The fraction of sp³-hybridized carbons (Fsp3) is 0.417. The SMILES string of the molecule is CC(=O)OC(c1nc2cnc(Cl)cc2[nH]1)[C@@H](C)C(F)(F)F. The topological polar surface area (TPSA) is 67.9 Å². The molecule has 0 spiro atoms. The molecule has 0 amide bonds. The maximum absolute atomic E-state index is 12.9. The average Bonchev–Trinajstić information content (AvgIpc) is 2.76. The van der Waals surface area contributed by atoms with Crippen LogP contribution in [0.5, 0.6) is 0 Å². The van der Waals surface area contributed by atoms with Gasteiger partial charge in [-0.25, -0.2) is 9.97 Å². The number of hydrogen-bond acceptors (Lipinski definition) is 4. The Hall–Kier alpha value is -1.83. The first kappa shape index (κ1) is 15.6. The number of aromatic amines is 1. The van der Waals surface area contributed by atoms with Gasteiger partial charge in [0.05, 0.1) is 17.6 Å². The first-order chi connectivity index (χ1) is 9.68. The Bertz CT molecular complexity index is 671. The van der Waals surface area contributed by atoms with Gasteiger partial charge in [0.25, 0.3) is 0 Å². The van der Waals surface area contributed by atoms with E-state index in [1.54, 1.807) is 0 Å². The van der Waals surface area contributed by atoms with Gasteiger partial charge in [0.2, 0.25) is 0 Å². The van der Waals surface area contributed by atoms with Crippen molar-refractivity contribution in [2.45, 2.75) is 26.1 Å². The van der Waals surface area contributed by atoms with Crippen LogP contribution >= 0.6 is 11.6 Å². The Balaban J connectivity index is 2.45. The number of rotatable bonds is 3. The highest BCUT2D eigenvalue weighted by atomic mass is 35.5. The summed E-state index contributed by atoms with van der Waals surface area (Å²) in [5, 5.41) is 0.172. The largest absolute Gasteiger partial charge is 0.454 e. The molecule has 114 valence electrons. The molecule has 1 N–H and O–H groups in total. The number of esters is 1. The predicted molar refractivity (Wildman–Crippen MR) is 68.6 cm³/mol. The molecule has 0 aliphatic carbocycles. The summed E-state index contributed by atoms with van der Waals surface area (Å²) in [7, 11) is 0. The van der Waals surface area contributed by atoms with Gasteiger partial charge in [-0.3, -0.25) is 4.79 Å². The summed E-state index contributed by atoms with van der Waals surface area (Å²) >= 11 is 5.70. The number of hydrogen-bond donors (Lipinski definition) is 1. The van der Waals surface area contributed by atoms with Gasteiger partial charge >= 0.3 is 12.1 Å². The van der Waals surface area contributed by atoms with Crippen molar-refractivity contribution in [2.75, 3.05) is 0 Å². The second-order valence-electron chi connectivity index (χ2n) is 4.51. The third kappa shape index (κ3) is 3.44.